The quantitative estimate of drug-likeness (QED) is 0.819. The van der Waals surface area contributed by atoms with Gasteiger partial charge in [-0.1, -0.05) is 17.7 Å². The second-order valence-corrected chi connectivity index (χ2v) is 9.00. The Morgan fingerprint density at radius 2 is 1.83 bits per heavy atom. The Morgan fingerprint density at radius 1 is 1.07 bits per heavy atom. The Kier molecular flexibility index (Phi) is 5.01. The molecule has 0 atom stereocenters. The lowest BCUT2D eigenvalue weighted by Crippen LogP contribution is -2.50. The van der Waals surface area contributed by atoms with Gasteiger partial charge in [-0.2, -0.15) is 4.31 Å². The van der Waals surface area contributed by atoms with Gasteiger partial charge in [-0.25, -0.2) is 8.42 Å². The standard InChI is InChI=1S/C20H21N3O5S/c1-14-3-2-4-15(11-14)20(25)22-7-9-23(10-8-22)29(26,27)16-5-6-18-17(12-16)21-19(24)13-28-18/h2-6,11-12H,7-10,13H2,1H3,(H,21,24). The fraction of sp³-hybridized carbons (Fsp3) is 0.300. The van der Waals surface area contributed by atoms with Crippen molar-refractivity contribution in [1.29, 1.82) is 0 Å². The summed E-state index contributed by atoms with van der Waals surface area (Å²) in [5.41, 5.74) is 1.95. The van der Waals surface area contributed by atoms with Crippen molar-refractivity contribution in [3.05, 3.63) is 53.6 Å². The van der Waals surface area contributed by atoms with Gasteiger partial charge in [0.05, 0.1) is 10.6 Å². The van der Waals surface area contributed by atoms with Crippen molar-refractivity contribution < 1.29 is 22.7 Å². The number of amides is 2. The molecule has 9 heteroatoms. The first-order chi connectivity index (χ1) is 13.8. The van der Waals surface area contributed by atoms with Crippen LogP contribution in [0.4, 0.5) is 5.69 Å². The minimum absolute atomic E-state index is 0.0838. The summed E-state index contributed by atoms with van der Waals surface area (Å²) in [5, 5.41) is 2.62. The van der Waals surface area contributed by atoms with Crippen LogP contribution < -0.4 is 10.1 Å². The summed E-state index contributed by atoms with van der Waals surface area (Å²) in [4.78, 5) is 25.9. The van der Waals surface area contributed by atoms with E-state index in [1.807, 2.05) is 25.1 Å². The Labute approximate surface area is 169 Å². The van der Waals surface area contributed by atoms with Crippen molar-refractivity contribution in [2.24, 2.45) is 0 Å². The zero-order chi connectivity index (χ0) is 20.6. The zero-order valence-electron chi connectivity index (χ0n) is 15.9. The van der Waals surface area contributed by atoms with Gasteiger partial charge in [0, 0.05) is 31.7 Å². The van der Waals surface area contributed by atoms with Crippen molar-refractivity contribution >= 4 is 27.5 Å². The smallest absolute Gasteiger partial charge is 0.262 e. The van der Waals surface area contributed by atoms with E-state index in [2.05, 4.69) is 5.32 Å². The van der Waals surface area contributed by atoms with Crippen LogP contribution in [-0.4, -0.2) is 62.2 Å². The Balaban J connectivity index is 1.47. The molecule has 2 heterocycles. The number of piperazine rings is 1. The number of hydrogen-bond donors (Lipinski definition) is 1. The van der Waals surface area contributed by atoms with Crippen LogP contribution in [0.25, 0.3) is 0 Å². The third-order valence-corrected chi connectivity index (χ3v) is 6.91. The molecule has 0 radical (unpaired) electrons. The van der Waals surface area contributed by atoms with E-state index in [1.54, 1.807) is 17.0 Å². The van der Waals surface area contributed by atoms with E-state index in [1.165, 1.54) is 16.4 Å². The summed E-state index contributed by atoms with van der Waals surface area (Å²) < 4.78 is 32.7. The van der Waals surface area contributed by atoms with E-state index >= 15 is 0 Å². The molecular weight excluding hydrogens is 394 g/mol. The van der Waals surface area contributed by atoms with Crippen LogP contribution in [0.1, 0.15) is 15.9 Å². The number of nitrogens with one attached hydrogen (secondary N) is 1. The molecule has 2 aromatic rings. The topological polar surface area (TPSA) is 96.0 Å². The van der Waals surface area contributed by atoms with E-state index in [-0.39, 0.29) is 36.4 Å². The highest BCUT2D eigenvalue weighted by molar-refractivity contribution is 7.89. The summed E-state index contributed by atoms with van der Waals surface area (Å²) in [6.45, 7) is 2.89. The molecule has 2 amide bonds. The van der Waals surface area contributed by atoms with Gasteiger partial charge in [-0.3, -0.25) is 9.59 Å². The fourth-order valence-electron chi connectivity index (χ4n) is 3.46. The molecule has 0 saturated carbocycles. The highest BCUT2D eigenvalue weighted by atomic mass is 32.2. The molecule has 8 nitrogen and oxygen atoms in total. The number of carbonyl (C=O) groups excluding carboxylic acids is 2. The predicted molar refractivity (Wildman–Crippen MR) is 106 cm³/mol. The van der Waals surface area contributed by atoms with Gasteiger partial charge in [0.1, 0.15) is 5.75 Å². The van der Waals surface area contributed by atoms with Gasteiger partial charge in [0.25, 0.3) is 11.8 Å². The van der Waals surface area contributed by atoms with Crippen LogP contribution in [0, 0.1) is 6.92 Å². The first-order valence-corrected chi connectivity index (χ1v) is 10.7. The molecule has 1 fully saturated rings. The Bertz CT molecular complexity index is 1080. The van der Waals surface area contributed by atoms with Crippen LogP contribution in [0.3, 0.4) is 0 Å². The number of benzene rings is 2. The molecular formula is C20H21N3O5S. The third kappa shape index (κ3) is 3.83. The minimum Gasteiger partial charge on any atom is -0.482 e. The van der Waals surface area contributed by atoms with Gasteiger partial charge in [0.15, 0.2) is 6.61 Å². The van der Waals surface area contributed by atoms with E-state index < -0.39 is 10.0 Å². The van der Waals surface area contributed by atoms with Crippen molar-refractivity contribution in [2.75, 3.05) is 38.1 Å². The molecule has 0 aliphatic carbocycles. The number of rotatable bonds is 3. The number of hydrogen-bond acceptors (Lipinski definition) is 5. The molecule has 0 aromatic heterocycles. The first kappa shape index (κ1) is 19.4. The van der Waals surface area contributed by atoms with Gasteiger partial charge in [-0.05, 0) is 37.3 Å². The number of nitrogens with zero attached hydrogens (tertiary/aromatic N) is 2. The largest absolute Gasteiger partial charge is 0.482 e. The second-order valence-electron chi connectivity index (χ2n) is 7.06. The fourth-order valence-corrected chi connectivity index (χ4v) is 4.91. The molecule has 2 aliphatic rings. The summed E-state index contributed by atoms with van der Waals surface area (Å²) in [6.07, 6.45) is 0. The van der Waals surface area contributed by atoms with Gasteiger partial charge >= 0.3 is 0 Å². The lowest BCUT2D eigenvalue weighted by molar-refractivity contribution is -0.118. The number of ether oxygens (including phenoxy) is 1. The van der Waals surface area contributed by atoms with Crippen molar-refractivity contribution in [3.8, 4) is 5.75 Å². The predicted octanol–water partition coefficient (Wildman–Crippen LogP) is 1.47. The molecule has 0 unspecified atom stereocenters. The van der Waals surface area contributed by atoms with Crippen LogP contribution in [-0.2, 0) is 14.8 Å². The molecule has 2 aromatic carbocycles. The molecule has 0 bridgehead atoms. The molecule has 1 saturated heterocycles. The van der Waals surface area contributed by atoms with Gasteiger partial charge < -0.3 is 15.0 Å². The highest BCUT2D eigenvalue weighted by Crippen LogP contribution is 2.31. The molecule has 2 aliphatic heterocycles. The Hall–Kier alpha value is -2.91. The Morgan fingerprint density at radius 3 is 2.55 bits per heavy atom. The minimum atomic E-state index is -3.74. The van der Waals surface area contributed by atoms with Crippen molar-refractivity contribution in [1.82, 2.24) is 9.21 Å². The average molecular weight is 415 g/mol. The number of anilines is 1. The SMILES string of the molecule is Cc1cccc(C(=O)N2CCN(S(=O)(=O)c3ccc4c(c3)NC(=O)CO4)CC2)c1. The van der Waals surface area contributed by atoms with Crippen LogP contribution in [0.5, 0.6) is 5.75 Å². The van der Waals surface area contributed by atoms with Crippen molar-refractivity contribution in [2.45, 2.75) is 11.8 Å². The van der Waals surface area contributed by atoms with E-state index in [0.29, 0.717) is 30.1 Å². The average Bonchev–Trinajstić information content (AvgIpc) is 2.72. The summed E-state index contributed by atoms with van der Waals surface area (Å²) in [6, 6.07) is 11.8. The summed E-state index contributed by atoms with van der Waals surface area (Å²) in [5.74, 6) is 0.0202. The van der Waals surface area contributed by atoms with Crippen molar-refractivity contribution in [3.63, 3.8) is 0 Å². The van der Waals surface area contributed by atoms with Crippen LogP contribution in [0.15, 0.2) is 47.4 Å². The first-order valence-electron chi connectivity index (χ1n) is 9.27. The number of aryl methyl sites for hydroxylation is 1. The van der Waals surface area contributed by atoms with E-state index in [4.69, 9.17) is 4.74 Å². The number of carbonyl (C=O) groups is 2. The lowest BCUT2D eigenvalue weighted by Gasteiger charge is -2.34. The van der Waals surface area contributed by atoms with E-state index in [9.17, 15) is 18.0 Å². The van der Waals surface area contributed by atoms with Crippen LogP contribution in [0.2, 0.25) is 0 Å². The molecule has 0 spiro atoms. The third-order valence-electron chi connectivity index (χ3n) is 5.01. The molecule has 152 valence electrons. The normalized spacial score (nSPS) is 17.3. The summed E-state index contributed by atoms with van der Waals surface area (Å²) >= 11 is 0. The number of sulfonamides is 1. The maximum Gasteiger partial charge on any atom is 0.262 e. The zero-order valence-corrected chi connectivity index (χ0v) is 16.7. The molecule has 4 rings (SSSR count). The summed E-state index contributed by atoms with van der Waals surface area (Å²) in [7, 11) is -3.74. The molecule has 1 N–H and O–H groups in total. The van der Waals surface area contributed by atoms with E-state index in [0.717, 1.165) is 5.56 Å². The highest BCUT2D eigenvalue weighted by Gasteiger charge is 2.31. The monoisotopic (exact) mass is 415 g/mol. The lowest BCUT2D eigenvalue weighted by atomic mass is 10.1. The maximum atomic E-state index is 13.0. The second kappa shape index (κ2) is 7.49. The van der Waals surface area contributed by atoms with Gasteiger partial charge in [-0.15, -0.1) is 0 Å². The molecule has 29 heavy (non-hydrogen) atoms. The van der Waals surface area contributed by atoms with Gasteiger partial charge in [0.2, 0.25) is 10.0 Å². The maximum absolute atomic E-state index is 13.0. The number of fused-ring (bicyclic) bond motifs is 1. The van der Waals surface area contributed by atoms with Crippen LogP contribution >= 0.6 is 0 Å².